The maximum atomic E-state index is 13.5. The van der Waals surface area contributed by atoms with E-state index in [4.69, 9.17) is 18.9 Å². The third-order valence-electron chi connectivity index (χ3n) is 7.92. The molecule has 4 aromatic carbocycles. The van der Waals surface area contributed by atoms with Crippen LogP contribution in [0.2, 0.25) is 0 Å². The normalized spacial score (nSPS) is 13.0. The average Bonchev–Trinajstić information content (AvgIpc) is 3.07. The molecule has 0 saturated carbocycles. The highest BCUT2D eigenvalue weighted by Gasteiger charge is 2.26. The molecule has 1 heterocycles. The van der Waals surface area contributed by atoms with Gasteiger partial charge in [-0.15, -0.1) is 0 Å². The van der Waals surface area contributed by atoms with E-state index < -0.39 is 24.4 Å². The van der Waals surface area contributed by atoms with Crippen molar-refractivity contribution in [2.45, 2.75) is 26.2 Å². The van der Waals surface area contributed by atoms with Crippen molar-refractivity contribution in [3.8, 4) is 28.7 Å². The molecule has 0 radical (unpaired) electrons. The number of methoxy groups -OCH3 is 3. The van der Waals surface area contributed by atoms with E-state index in [1.54, 1.807) is 42.6 Å². The number of carbonyl (C=O) groups excluding carboxylic acids is 1. The van der Waals surface area contributed by atoms with Gasteiger partial charge >= 0.3 is 6.03 Å². The van der Waals surface area contributed by atoms with Crippen LogP contribution in [0.25, 0.3) is 10.8 Å². The SMILES string of the molecule is COc1cc(Nc2cc(Oc3ccc(NC(=O)Nc4cc(C(C)(C)C)cc(N[S@](C)=O)c4OC)c4ccccc34)ccn2)cc(OC)c1P(C)(=O)O. The largest absolute Gasteiger partial charge is 0.496 e. The van der Waals surface area contributed by atoms with Crippen molar-refractivity contribution in [1.82, 2.24) is 4.98 Å². The van der Waals surface area contributed by atoms with Crippen molar-refractivity contribution in [2.75, 3.05) is 54.9 Å². The minimum absolute atomic E-state index is 0.0852. The number of carbonyl (C=O) groups is 1. The number of pyridine rings is 1. The van der Waals surface area contributed by atoms with Crippen LogP contribution in [0.15, 0.2) is 79.0 Å². The maximum Gasteiger partial charge on any atom is 0.323 e. The molecule has 5 N–H and O–H groups in total. The molecule has 0 fully saturated rings. The van der Waals surface area contributed by atoms with Crippen LogP contribution in [0.1, 0.15) is 26.3 Å². The van der Waals surface area contributed by atoms with Gasteiger partial charge in [-0.25, -0.2) is 14.0 Å². The summed E-state index contributed by atoms with van der Waals surface area (Å²) in [5, 5.41) is 10.6. The second kappa shape index (κ2) is 15.5. The molecular weight excluding hydrogens is 705 g/mol. The summed E-state index contributed by atoms with van der Waals surface area (Å²) in [4.78, 5) is 28.1. The van der Waals surface area contributed by atoms with E-state index in [-0.39, 0.29) is 22.2 Å². The molecule has 13 nitrogen and oxygen atoms in total. The van der Waals surface area contributed by atoms with Gasteiger partial charge in [0.2, 0.25) is 7.37 Å². The van der Waals surface area contributed by atoms with E-state index in [9.17, 15) is 18.5 Å². The number of anilines is 5. The average molecular weight is 748 g/mol. The molecule has 0 spiro atoms. The summed E-state index contributed by atoms with van der Waals surface area (Å²) < 4.78 is 50.2. The third-order valence-corrected chi connectivity index (χ3v) is 9.70. The van der Waals surface area contributed by atoms with Gasteiger partial charge in [-0.2, -0.15) is 0 Å². The Labute approximate surface area is 305 Å². The number of aromatic nitrogens is 1. The van der Waals surface area contributed by atoms with Crippen LogP contribution >= 0.6 is 7.37 Å². The van der Waals surface area contributed by atoms with Gasteiger partial charge in [-0.1, -0.05) is 45.0 Å². The second-order valence-corrected chi connectivity index (χ2v) is 16.2. The fourth-order valence-corrected chi connectivity index (χ4v) is 7.13. The minimum atomic E-state index is -3.70. The summed E-state index contributed by atoms with van der Waals surface area (Å²) in [6.45, 7) is 7.36. The van der Waals surface area contributed by atoms with Crippen molar-refractivity contribution >= 4 is 69.0 Å². The van der Waals surface area contributed by atoms with Crippen molar-refractivity contribution in [3.63, 3.8) is 0 Å². The highest BCUT2D eigenvalue weighted by Crippen LogP contribution is 2.44. The second-order valence-electron chi connectivity index (χ2n) is 12.9. The summed E-state index contributed by atoms with van der Waals surface area (Å²) in [6.07, 6.45) is 3.10. The summed E-state index contributed by atoms with van der Waals surface area (Å²) in [5.74, 6) is 2.20. The lowest BCUT2D eigenvalue weighted by atomic mass is 9.86. The molecule has 5 aromatic rings. The van der Waals surface area contributed by atoms with E-state index in [0.717, 1.165) is 16.3 Å². The zero-order valence-electron chi connectivity index (χ0n) is 30.1. The Kier molecular flexibility index (Phi) is 11.3. The van der Waals surface area contributed by atoms with Gasteiger partial charge in [0.05, 0.1) is 38.4 Å². The van der Waals surface area contributed by atoms with Crippen molar-refractivity contribution < 1.29 is 37.4 Å². The van der Waals surface area contributed by atoms with Gasteiger partial charge in [-0.3, -0.25) is 4.57 Å². The van der Waals surface area contributed by atoms with Crippen LogP contribution in [0, 0.1) is 0 Å². The van der Waals surface area contributed by atoms with Gasteiger partial charge in [0.25, 0.3) is 0 Å². The zero-order valence-corrected chi connectivity index (χ0v) is 31.8. The number of nitrogens with one attached hydrogen (secondary N) is 4. The van der Waals surface area contributed by atoms with E-state index in [1.807, 2.05) is 57.2 Å². The molecule has 1 aromatic heterocycles. The topological polar surface area (TPSA) is 169 Å². The van der Waals surface area contributed by atoms with Crippen LogP contribution in [-0.4, -0.2) is 54.4 Å². The summed E-state index contributed by atoms with van der Waals surface area (Å²) in [5.41, 5.74) is 2.62. The lowest BCUT2D eigenvalue weighted by Crippen LogP contribution is -2.21. The van der Waals surface area contributed by atoms with E-state index in [1.165, 1.54) is 34.2 Å². The van der Waals surface area contributed by atoms with Crippen molar-refractivity contribution in [3.05, 3.63) is 84.6 Å². The van der Waals surface area contributed by atoms with Gasteiger partial charge in [-0.05, 0) is 41.3 Å². The Hall–Kier alpha value is -5.30. The maximum absolute atomic E-state index is 13.5. The highest BCUT2D eigenvalue weighted by atomic mass is 32.2. The smallest absolute Gasteiger partial charge is 0.323 e. The van der Waals surface area contributed by atoms with Crippen LogP contribution in [0.5, 0.6) is 28.7 Å². The summed E-state index contributed by atoms with van der Waals surface area (Å²) in [7, 11) is -0.751. The van der Waals surface area contributed by atoms with Gasteiger partial charge in [0.1, 0.15) is 45.1 Å². The monoisotopic (exact) mass is 747 g/mol. The third kappa shape index (κ3) is 8.76. The Morgan fingerprint density at radius 2 is 1.46 bits per heavy atom. The summed E-state index contributed by atoms with van der Waals surface area (Å²) in [6, 6.07) is 20.8. The van der Waals surface area contributed by atoms with Crippen LogP contribution in [0.3, 0.4) is 0 Å². The first-order valence-corrected chi connectivity index (χ1v) is 19.7. The highest BCUT2D eigenvalue weighted by molar-refractivity contribution is 7.85. The van der Waals surface area contributed by atoms with Gasteiger partial charge in [0.15, 0.2) is 5.75 Å². The van der Waals surface area contributed by atoms with Crippen LogP contribution < -0.4 is 44.9 Å². The Balaban J connectivity index is 1.39. The number of fused-ring (bicyclic) bond motifs is 1. The molecule has 0 aliphatic heterocycles. The first-order valence-electron chi connectivity index (χ1n) is 16.0. The fraction of sp³-hybridized carbons (Fsp3) is 0.243. The van der Waals surface area contributed by atoms with Crippen LogP contribution in [0.4, 0.5) is 33.4 Å². The van der Waals surface area contributed by atoms with E-state index >= 15 is 0 Å². The van der Waals surface area contributed by atoms with E-state index in [0.29, 0.717) is 45.8 Å². The molecule has 0 aliphatic carbocycles. The zero-order chi connectivity index (χ0) is 37.8. The predicted octanol–water partition coefficient (Wildman–Crippen LogP) is 7.97. The van der Waals surface area contributed by atoms with Crippen molar-refractivity contribution in [1.29, 1.82) is 0 Å². The molecule has 274 valence electrons. The molecule has 1 unspecified atom stereocenters. The number of ether oxygens (including phenoxy) is 4. The van der Waals surface area contributed by atoms with Gasteiger partial charge in [0, 0.05) is 53.8 Å². The Bertz CT molecular complexity index is 2180. The number of hydrogen-bond acceptors (Lipinski definition) is 9. The predicted molar refractivity (Wildman–Crippen MR) is 208 cm³/mol. The fourth-order valence-electron chi connectivity index (χ4n) is 5.54. The van der Waals surface area contributed by atoms with Crippen molar-refractivity contribution in [2.24, 2.45) is 0 Å². The number of amides is 2. The molecule has 15 heteroatoms. The lowest BCUT2D eigenvalue weighted by Gasteiger charge is -2.24. The number of hydrogen-bond donors (Lipinski definition) is 5. The van der Waals surface area contributed by atoms with E-state index in [2.05, 4.69) is 25.7 Å². The Morgan fingerprint density at radius 1 is 0.827 bits per heavy atom. The number of rotatable bonds is 12. The molecule has 0 saturated heterocycles. The molecule has 0 bridgehead atoms. The minimum Gasteiger partial charge on any atom is -0.496 e. The number of benzene rings is 4. The first-order chi connectivity index (χ1) is 24.6. The number of nitrogens with zero attached hydrogens (tertiary/aromatic N) is 1. The molecule has 52 heavy (non-hydrogen) atoms. The Morgan fingerprint density at radius 3 is 2.06 bits per heavy atom. The molecular formula is C37H42N5O8PS. The first kappa shape index (κ1) is 37.9. The summed E-state index contributed by atoms with van der Waals surface area (Å²) >= 11 is 0. The lowest BCUT2D eigenvalue weighted by molar-refractivity contribution is 0.262. The van der Waals surface area contributed by atoms with Gasteiger partial charge < -0.3 is 44.5 Å². The number of urea groups is 1. The molecule has 2 atom stereocenters. The quantitative estimate of drug-likeness (QED) is 0.0790. The molecule has 2 amide bonds. The standard InChI is InChI=1S/C37H42N5O8PS/c1-37(2,3)22-17-28(34(49-6)29(18-22)42-52(8)46)41-36(43)40-27-13-14-30(26-12-10-9-11-25(26)27)50-24-15-16-38-33(21-24)39-23-19-31(47-4)35(51(7,44)45)32(20-23)48-5/h9-21,42H,1-8H3,(H,38,39)(H,44,45)(H2,40,41,43)/t52-/m0/s1. The molecule has 0 aliphatic rings. The van der Waals surface area contributed by atoms with Crippen LogP contribution in [-0.2, 0) is 21.0 Å². The molecule has 5 rings (SSSR count).